The molecule has 10 heteroatoms. The van der Waals surface area contributed by atoms with Gasteiger partial charge in [0.15, 0.2) is 6.29 Å². The maximum absolute atomic E-state index is 12.2. The molecule has 10 nitrogen and oxygen atoms in total. The molecule has 1 heterocycles. The number of carbonyl (C=O) groups is 2. The van der Waals surface area contributed by atoms with Crippen molar-refractivity contribution in [3.05, 3.63) is 11.6 Å². The summed E-state index contributed by atoms with van der Waals surface area (Å²) in [6, 6.07) is -0.971. The quantitative estimate of drug-likeness (QED) is 0.164. The Morgan fingerprint density at radius 2 is 1.83 bits per heavy atom. The van der Waals surface area contributed by atoms with E-state index in [0.717, 1.165) is 64.2 Å². The average Bonchev–Trinajstić information content (AvgIpc) is 3.31. The topological polar surface area (TPSA) is 155 Å². The van der Waals surface area contributed by atoms with Gasteiger partial charge in [-0.25, -0.2) is 0 Å². The second-order valence-electron chi connectivity index (χ2n) is 16.4. The van der Waals surface area contributed by atoms with Gasteiger partial charge in [-0.15, -0.1) is 0 Å². The lowest BCUT2D eigenvalue weighted by molar-refractivity contribution is -0.289. The Hall–Kier alpha value is -1.56. The van der Waals surface area contributed by atoms with Crippen LogP contribution >= 0.6 is 0 Å². The Morgan fingerprint density at radius 3 is 2.51 bits per heavy atom. The van der Waals surface area contributed by atoms with Crippen molar-refractivity contribution in [2.24, 2.45) is 46.3 Å². The summed E-state index contributed by atoms with van der Waals surface area (Å²) >= 11 is 0. The van der Waals surface area contributed by atoms with Crippen LogP contribution < -0.4 is 5.32 Å². The molecule has 0 radical (unpaired) electrons. The van der Waals surface area contributed by atoms with Crippen LogP contribution in [0.3, 0.4) is 0 Å². The summed E-state index contributed by atoms with van der Waals surface area (Å²) in [4.78, 5) is 23.5. The van der Waals surface area contributed by atoms with E-state index in [1.807, 2.05) is 0 Å². The first-order chi connectivity index (χ1) is 22.2. The minimum atomic E-state index is -1.36. The largest absolute Gasteiger partial charge is 0.466 e. The number of ether oxygens (including phenoxy) is 3. The fraction of sp³-hybridized carbons (Fsp3) is 0.892. The Kier molecular flexibility index (Phi) is 11.5. The molecule has 5 unspecified atom stereocenters. The molecule has 5 aliphatic rings. The Balaban J connectivity index is 1.41. The second-order valence-corrected chi connectivity index (χ2v) is 16.4. The molecule has 1 saturated heterocycles. The molecular formula is C37H61NO9. The van der Waals surface area contributed by atoms with Gasteiger partial charge < -0.3 is 40.0 Å². The number of esters is 1. The molecule has 0 bridgehead atoms. The number of rotatable bonds is 11. The van der Waals surface area contributed by atoms with Gasteiger partial charge in [-0.3, -0.25) is 9.59 Å². The third kappa shape index (κ3) is 7.34. The van der Waals surface area contributed by atoms with Crippen LogP contribution in [0.5, 0.6) is 0 Å². The van der Waals surface area contributed by atoms with Gasteiger partial charge in [-0.1, -0.05) is 52.2 Å². The number of aliphatic hydroxyl groups is 4. The number of hydrogen-bond acceptors (Lipinski definition) is 9. The van der Waals surface area contributed by atoms with Gasteiger partial charge in [0.05, 0.1) is 25.4 Å². The zero-order valence-corrected chi connectivity index (χ0v) is 29.4. The van der Waals surface area contributed by atoms with E-state index in [9.17, 15) is 30.0 Å². The predicted molar refractivity (Wildman–Crippen MR) is 176 cm³/mol. The molecule has 0 aromatic rings. The minimum Gasteiger partial charge on any atom is -0.466 e. The SMILES string of the molecule is CC(=O)NC1C(O)[C@@H](O)C(CO)O[C@@H]1O[C@H]1C[C@H]([C@H](C)CCC[C@@H](C)COC(C)=O)[C@@]2(C)CCC3[C@@H](CC=C4C[C@@H](O)CC[C@@]43C)C12. The zero-order chi connectivity index (χ0) is 34.3. The molecule has 0 spiro atoms. The number of fused-ring (bicyclic) bond motifs is 5. The van der Waals surface area contributed by atoms with E-state index >= 15 is 0 Å². The lowest BCUT2D eigenvalue weighted by Crippen LogP contribution is -2.65. The smallest absolute Gasteiger partial charge is 0.302 e. The molecular weight excluding hydrogens is 602 g/mol. The summed E-state index contributed by atoms with van der Waals surface area (Å²) in [7, 11) is 0. The molecule has 15 atom stereocenters. The van der Waals surface area contributed by atoms with E-state index in [-0.39, 0.29) is 40.8 Å². The highest BCUT2D eigenvalue weighted by Gasteiger charge is 2.63. The normalized spacial score (nSPS) is 44.3. The molecule has 3 saturated carbocycles. The number of allylic oxidation sites excluding steroid dienone is 1. The van der Waals surface area contributed by atoms with Crippen LogP contribution in [-0.4, -0.2) is 88.4 Å². The number of aliphatic hydroxyl groups excluding tert-OH is 4. The molecule has 268 valence electrons. The summed E-state index contributed by atoms with van der Waals surface area (Å²) in [5, 5.41) is 44.9. The van der Waals surface area contributed by atoms with Crippen molar-refractivity contribution < 1.29 is 44.2 Å². The van der Waals surface area contributed by atoms with Crippen molar-refractivity contribution in [3.8, 4) is 0 Å². The van der Waals surface area contributed by atoms with Gasteiger partial charge in [0, 0.05) is 13.8 Å². The number of nitrogens with one attached hydrogen (secondary N) is 1. The van der Waals surface area contributed by atoms with Crippen molar-refractivity contribution >= 4 is 11.9 Å². The zero-order valence-electron chi connectivity index (χ0n) is 29.4. The van der Waals surface area contributed by atoms with Gasteiger partial charge in [0.25, 0.3) is 0 Å². The Bertz CT molecular complexity index is 1150. The lowest BCUT2D eigenvalue weighted by atomic mass is 9.46. The fourth-order valence-electron chi connectivity index (χ4n) is 10.8. The molecule has 0 aromatic carbocycles. The summed E-state index contributed by atoms with van der Waals surface area (Å²) in [5.74, 6) is 1.60. The van der Waals surface area contributed by atoms with E-state index in [0.29, 0.717) is 36.2 Å². The van der Waals surface area contributed by atoms with Crippen molar-refractivity contribution in [3.63, 3.8) is 0 Å². The minimum absolute atomic E-state index is 0.0111. The van der Waals surface area contributed by atoms with Gasteiger partial charge in [-0.2, -0.15) is 0 Å². The molecule has 4 aliphatic carbocycles. The van der Waals surface area contributed by atoms with E-state index in [1.165, 1.54) is 19.4 Å². The number of amides is 1. The standard InChI is InChI=1S/C37H61NO9/c1-20(19-45-23(4)41)8-7-9-21(2)28-17-29(46-35-32(38-22(3)40)34(44)33(43)30(18-39)47-35)31-26-11-10-24-16-25(42)12-14-36(24,5)27(26)13-15-37(28,31)6/h10,20-21,25-35,39,42-44H,7-9,11-19H2,1-6H3,(H,38,40)/t20-,21-,25+,26-,27?,28-,29+,30?,31?,32?,33+,34?,35+,36+,37-/m1/s1. The Labute approximate surface area is 281 Å². The third-order valence-electron chi connectivity index (χ3n) is 13.3. The van der Waals surface area contributed by atoms with E-state index < -0.39 is 37.3 Å². The van der Waals surface area contributed by atoms with Crippen molar-refractivity contribution in [1.82, 2.24) is 5.32 Å². The fourth-order valence-corrected chi connectivity index (χ4v) is 10.8. The molecule has 5 rings (SSSR count). The van der Waals surface area contributed by atoms with Crippen LogP contribution in [0.15, 0.2) is 11.6 Å². The van der Waals surface area contributed by atoms with E-state index in [4.69, 9.17) is 14.2 Å². The summed E-state index contributed by atoms with van der Waals surface area (Å²) in [6.07, 6.45) is 6.86. The lowest BCUT2D eigenvalue weighted by Gasteiger charge is -2.59. The molecule has 1 aliphatic heterocycles. The third-order valence-corrected chi connectivity index (χ3v) is 13.3. The first kappa shape index (κ1) is 36.7. The van der Waals surface area contributed by atoms with Crippen molar-refractivity contribution in [2.75, 3.05) is 13.2 Å². The Morgan fingerprint density at radius 1 is 1.09 bits per heavy atom. The average molecular weight is 664 g/mol. The summed E-state index contributed by atoms with van der Waals surface area (Å²) in [6.45, 7) is 12.1. The predicted octanol–water partition coefficient (Wildman–Crippen LogP) is 3.87. The molecule has 5 N–H and O–H groups in total. The molecule has 0 aromatic heterocycles. The second kappa shape index (κ2) is 14.7. The van der Waals surface area contributed by atoms with Gasteiger partial charge in [0.2, 0.25) is 5.91 Å². The first-order valence-electron chi connectivity index (χ1n) is 18.3. The highest BCUT2D eigenvalue weighted by molar-refractivity contribution is 5.73. The van der Waals surface area contributed by atoms with Crippen LogP contribution in [0.1, 0.15) is 106 Å². The number of carbonyl (C=O) groups excluding carboxylic acids is 2. The molecule has 4 fully saturated rings. The van der Waals surface area contributed by atoms with Crippen LogP contribution in [0.2, 0.25) is 0 Å². The van der Waals surface area contributed by atoms with Crippen LogP contribution in [-0.2, 0) is 23.8 Å². The summed E-state index contributed by atoms with van der Waals surface area (Å²) in [5.41, 5.74) is 1.48. The van der Waals surface area contributed by atoms with Crippen LogP contribution in [0.4, 0.5) is 0 Å². The number of hydrogen-bond donors (Lipinski definition) is 5. The summed E-state index contributed by atoms with van der Waals surface area (Å²) < 4.78 is 18.3. The monoisotopic (exact) mass is 663 g/mol. The molecule has 47 heavy (non-hydrogen) atoms. The van der Waals surface area contributed by atoms with Crippen LogP contribution in [0, 0.1) is 46.3 Å². The van der Waals surface area contributed by atoms with Gasteiger partial charge in [0.1, 0.15) is 24.4 Å². The van der Waals surface area contributed by atoms with Crippen molar-refractivity contribution in [2.45, 2.75) is 149 Å². The van der Waals surface area contributed by atoms with Gasteiger partial charge in [-0.05, 0) is 97.7 Å². The van der Waals surface area contributed by atoms with E-state index in [1.54, 1.807) is 0 Å². The van der Waals surface area contributed by atoms with Crippen LogP contribution in [0.25, 0.3) is 0 Å². The highest BCUT2D eigenvalue weighted by Crippen LogP contribution is 2.68. The molecule has 1 amide bonds. The van der Waals surface area contributed by atoms with Crippen molar-refractivity contribution in [1.29, 1.82) is 0 Å². The van der Waals surface area contributed by atoms with E-state index in [2.05, 4.69) is 39.1 Å². The highest BCUT2D eigenvalue weighted by atomic mass is 16.7. The van der Waals surface area contributed by atoms with Gasteiger partial charge >= 0.3 is 5.97 Å². The maximum Gasteiger partial charge on any atom is 0.302 e. The first-order valence-corrected chi connectivity index (χ1v) is 18.3. The maximum atomic E-state index is 12.2.